The molecule has 0 aliphatic carbocycles. The minimum atomic E-state index is -0.187. The first-order chi connectivity index (χ1) is 10.3. The van der Waals surface area contributed by atoms with Crippen LogP contribution in [0.25, 0.3) is 10.9 Å². The zero-order valence-corrected chi connectivity index (χ0v) is 12.6. The van der Waals surface area contributed by atoms with Crippen LogP contribution >= 0.6 is 0 Å². The molecule has 0 bridgehead atoms. The Kier molecular flexibility index (Phi) is 5.78. The summed E-state index contributed by atoms with van der Waals surface area (Å²) >= 11 is 0. The number of nitrogens with zero attached hydrogens (tertiary/aromatic N) is 1. The number of benzene rings is 1. The van der Waals surface area contributed by atoms with Crippen LogP contribution in [0, 0.1) is 0 Å². The minimum absolute atomic E-state index is 0.187. The van der Waals surface area contributed by atoms with Crippen LogP contribution in [-0.4, -0.2) is 37.9 Å². The summed E-state index contributed by atoms with van der Waals surface area (Å²) in [6.45, 7) is 2.92. The largest absolute Gasteiger partial charge is 0.469 e. The van der Waals surface area contributed by atoms with E-state index in [0.29, 0.717) is 19.6 Å². The number of esters is 1. The Balaban J connectivity index is 2.12. The molecule has 0 saturated carbocycles. The number of carbonyl (C=O) groups is 1. The van der Waals surface area contributed by atoms with Crippen LogP contribution in [0.4, 0.5) is 0 Å². The van der Waals surface area contributed by atoms with Gasteiger partial charge in [0.25, 0.3) is 0 Å². The fourth-order valence-electron chi connectivity index (χ4n) is 2.38. The van der Waals surface area contributed by atoms with Gasteiger partial charge in [0.15, 0.2) is 0 Å². The predicted molar refractivity (Wildman–Crippen MR) is 82.2 cm³/mol. The lowest BCUT2D eigenvalue weighted by Gasteiger charge is -2.10. The third-order valence-electron chi connectivity index (χ3n) is 3.45. The highest BCUT2D eigenvalue weighted by Gasteiger charge is 2.08. The number of hydrogen-bond donors (Lipinski definition) is 1. The Morgan fingerprint density at radius 3 is 2.90 bits per heavy atom. The Hall–Kier alpha value is -1.85. The number of para-hydroxylation sites is 1. The average Bonchev–Trinajstić information content (AvgIpc) is 2.93. The number of methoxy groups -OCH3 is 2. The molecule has 0 unspecified atom stereocenters. The molecule has 0 aliphatic heterocycles. The van der Waals surface area contributed by atoms with Crippen LogP contribution < -0.4 is 5.32 Å². The summed E-state index contributed by atoms with van der Waals surface area (Å²) in [6, 6.07) is 8.32. The number of ether oxygens (including phenoxy) is 2. The monoisotopic (exact) mass is 290 g/mol. The van der Waals surface area contributed by atoms with E-state index in [1.54, 1.807) is 7.11 Å². The van der Waals surface area contributed by atoms with Gasteiger partial charge in [-0.1, -0.05) is 18.2 Å². The van der Waals surface area contributed by atoms with Crippen molar-refractivity contribution in [3.63, 3.8) is 0 Å². The zero-order chi connectivity index (χ0) is 15.1. The average molecular weight is 290 g/mol. The highest BCUT2D eigenvalue weighted by Crippen LogP contribution is 2.20. The van der Waals surface area contributed by atoms with Gasteiger partial charge in [-0.2, -0.15) is 0 Å². The molecule has 0 fully saturated rings. The molecule has 2 rings (SSSR count). The van der Waals surface area contributed by atoms with Gasteiger partial charge in [-0.05, 0) is 17.0 Å². The van der Waals surface area contributed by atoms with Crippen molar-refractivity contribution in [1.29, 1.82) is 0 Å². The molecule has 21 heavy (non-hydrogen) atoms. The fourth-order valence-corrected chi connectivity index (χ4v) is 2.38. The molecule has 114 valence electrons. The lowest BCUT2D eigenvalue weighted by molar-refractivity contribution is -0.140. The van der Waals surface area contributed by atoms with Crippen LogP contribution in [-0.2, 0) is 27.4 Å². The van der Waals surface area contributed by atoms with E-state index in [1.165, 1.54) is 23.6 Å². The summed E-state index contributed by atoms with van der Waals surface area (Å²) < 4.78 is 11.8. The van der Waals surface area contributed by atoms with Gasteiger partial charge in [0, 0.05) is 32.9 Å². The Bertz CT molecular complexity index is 592. The highest BCUT2D eigenvalue weighted by atomic mass is 16.5. The first-order valence-electron chi connectivity index (χ1n) is 7.09. The van der Waals surface area contributed by atoms with Gasteiger partial charge in [-0.25, -0.2) is 0 Å². The summed E-state index contributed by atoms with van der Waals surface area (Å²) in [5.74, 6) is -0.187. The summed E-state index contributed by atoms with van der Waals surface area (Å²) in [6.07, 6.45) is 2.40. The first-order valence-corrected chi connectivity index (χ1v) is 7.09. The predicted octanol–water partition coefficient (Wildman–Crippen LogP) is 1.94. The van der Waals surface area contributed by atoms with Crippen LogP contribution in [0.5, 0.6) is 0 Å². The van der Waals surface area contributed by atoms with E-state index in [-0.39, 0.29) is 5.97 Å². The summed E-state index contributed by atoms with van der Waals surface area (Å²) in [5, 5.41) is 4.54. The van der Waals surface area contributed by atoms with Crippen molar-refractivity contribution < 1.29 is 14.3 Å². The molecule has 1 N–H and O–H groups in total. The van der Waals surface area contributed by atoms with Gasteiger partial charge in [-0.3, -0.25) is 4.79 Å². The summed E-state index contributed by atoms with van der Waals surface area (Å²) in [5.41, 5.74) is 2.39. The number of carbonyl (C=O) groups excluding carboxylic acids is 1. The molecule has 0 saturated heterocycles. The smallest absolute Gasteiger partial charge is 0.307 e. The van der Waals surface area contributed by atoms with E-state index in [4.69, 9.17) is 9.47 Å². The fraction of sp³-hybridized carbons (Fsp3) is 0.438. The second-order valence-electron chi connectivity index (χ2n) is 4.86. The SMILES string of the molecule is COCCNCc1cccc2ccn(CCC(=O)OC)c12. The highest BCUT2D eigenvalue weighted by molar-refractivity contribution is 5.83. The molecule has 0 spiro atoms. The van der Waals surface area contributed by atoms with E-state index in [1.807, 2.05) is 6.20 Å². The van der Waals surface area contributed by atoms with Gasteiger partial charge in [0.2, 0.25) is 0 Å². The number of aryl methyl sites for hydroxylation is 1. The van der Waals surface area contributed by atoms with E-state index >= 15 is 0 Å². The number of fused-ring (bicyclic) bond motifs is 1. The Labute approximate surface area is 124 Å². The number of nitrogens with one attached hydrogen (secondary N) is 1. The van der Waals surface area contributed by atoms with Crippen molar-refractivity contribution >= 4 is 16.9 Å². The van der Waals surface area contributed by atoms with Gasteiger partial charge in [0.1, 0.15) is 0 Å². The van der Waals surface area contributed by atoms with Crippen molar-refractivity contribution in [2.24, 2.45) is 0 Å². The maximum atomic E-state index is 11.3. The summed E-state index contributed by atoms with van der Waals surface area (Å²) in [7, 11) is 3.11. The molecular formula is C16H22N2O3. The van der Waals surface area contributed by atoms with E-state index in [0.717, 1.165) is 13.1 Å². The van der Waals surface area contributed by atoms with Crippen LogP contribution in [0.2, 0.25) is 0 Å². The van der Waals surface area contributed by atoms with E-state index in [2.05, 4.69) is 34.1 Å². The zero-order valence-electron chi connectivity index (χ0n) is 12.6. The standard InChI is InChI=1S/C16H22N2O3/c1-20-11-8-17-12-14-5-3-4-13-6-9-18(16(13)14)10-7-15(19)21-2/h3-6,9,17H,7-8,10-12H2,1-2H3. The maximum Gasteiger partial charge on any atom is 0.307 e. The van der Waals surface area contributed by atoms with Gasteiger partial charge < -0.3 is 19.4 Å². The number of rotatable bonds is 8. The van der Waals surface area contributed by atoms with Gasteiger partial charge in [0.05, 0.1) is 25.7 Å². The van der Waals surface area contributed by atoms with Crippen molar-refractivity contribution in [2.45, 2.75) is 19.5 Å². The third kappa shape index (κ3) is 4.06. The number of hydrogen-bond acceptors (Lipinski definition) is 4. The Morgan fingerprint density at radius 2 is 2.14 bits per heavy atom. The maximum absolute atomic E-state index is 11.3. The van der Waals surface area contributed by atoms with Crippen LogP contribution in [0.1, 0.15) is 12.0 Å². The third-order valence-corrected chi connectivity index (χ3v) is 3.45. The quantitative estimate of drug-likeness (QED) is 0.596. The molecule has 0 amide bonds. The molecule has 0 aliphatic rings. The normalized spacial score (nSPS) is 11.0. The molecule has 5 nitrogen and oxygen atoms in total. The van der Waals surface area contributed by atoms with Gasteiger partial charge in [-0.15, -0.1) is 0 Å². The van der Waals surface area contributed by atoms with Crippen molar-refractivity contribution in [1.82, 2.24) is 9.88 Å². The minimum Gasteiger partial charge on any atom is -0.469 e. The first kappa shape index (κ1) is 15.5. The number of aromatic nitrogens is 1. The molecule has 1 aromatic heterocycles. The second-order valence-corrected chi connectivity index (χ2v) is 4.86. The molecule has 2 aromatic rings. The van der Waals surface area contributed by atoms with Crippen molar-refractivity contribution in [2.75, 3.05) is 27.4 Å². The van der Waals surface area contributed by atoms with Gasteiger partial charge >= 0.3 is 5.97 Å². The molecule has 0 atom stereocenters. The molecular weight excluding hydrogens is 268 g/mol. The van der Waals surface area contributed by atoms with Crippen LogP contribution in [0.15, 0.2) is 30.5 Å². The molecule has 5 heteroatoms. The molecule has 1 aromatic carbocycles. The van der Waals surface area contributed by atoms with E-state index < -0.39 is 0 Å². The van der Waals surface area contributed by atoms with Crippen molar-refractivity contribution in [3.05, 3.63) is 36.0 Å². The van der Waals surface area contributed by atoms with E-state index in [9.17, 15) is 4.79 Å². The van der Waals surface area contributed by atoms with Crippen molar-refractivity contribution in [3.8, 4) is 0 Å². The topological polar surface area (TPSA) is 52.5 Å². The molecule has 0 radical (unpaired) electrons. The van der Waals surface area contributed by atoms with Crippen LogP contribution in [0.3, 0.4) is 0 Å². The lowest BCUT2D eigenvalue weighted by Crippen LogP contribution is -2.19. The summed E-state index contributed by atoms with van der Waals surface area (Å²) in [4.78, 5) is 11.3. The molecule has 1 heterocycles. The lowest BCUT2D eigenvalue weighted by atomic mass is 10.1. The Morgan fingerprint density at radius 1 is 1.29 bits per heavy atom. The second kappa shape index (κ2) is 7.81.